The first-order valence-electron chi connectivity index (χ1n) is 3.09. The minimum Gasteiger partial charge on any atom is -0.516 e. The fraction of sp³-hybridized carbons (Fsp3) is 0.667. The lowest BCUT2D eigenvalue weighted by Gasteiger charge is -2.09. The van der Waals surface area contributed by atoms with Gasteiger partial charge >= 0.3 is 7.32 Å². The SMILES string of the molecule is C/C=C(/C)OB(OC)OC. The van der Waals surface area contributed by atoms with Crippen molar-refractivity contribution in [3.8, 4) is 0 Å². The van der Waals surface area contributed by atoms with Crippen LogP contribution in [0.3, 0.4) is 0 Å². The average Bonchev–Trinajstić information content (AvgIpc) is 1.99. The van der Waals surface area contributed by atoms with E-state index in [9.17, 15) is 0 Å². The third kappa shape index (κ3) is 3.53. The topological polar surface area (TPSA) is 27.7 Å². The van der Waals surface area contributed by atoms with Crippen LogP contribution >= 0.6 is 0 Å². The minimum atomic E-state index is -0.587. The smallest absolute Gasteiger partial charge is 0.516 e. The molecule has 0 atom stereocenters. The van der Waals surface area contributed by atoms with E-state index >= 15 is 0 Å². The third-order valence-electron chi connectivity index (χ3n) is 1.07. The average molecular weight is 144 g/mol. The third-order valence-corrected chi connectivity index (χ3v) is 1.07. The quantitative estimate of drug-likeness (QED) is 0.438. The molecular formula is C6H13BO3. The maximum absolute atomic E-state index is 5.11. The molecular weight excluding hydrogens is 131 g/mol. The van der Waals surface area contributed by atoms with E-state index in [2.05, 4.69) is 0 Å². The van der Waals surface area contributed by atoms with Crippen molar-refractivity contribution in [1.82, 2.24) is 0 Å². The van der Waals surface area contributed by atoms with Gasteiger partial charge in [-0.05, 0) is 13.8 Å². The summed E-state index contributed by atoms with van der Waals surface area (Å²) >= 11 is 0. The summed E-state index contributed by atoms with van der Waals surface area (Å²) in [5.41, 5.74) is 0. The van der Waals surface area contributed by atoms with Crippen LogP contribution in [0, 0.1) is 0 Å². The van der Waals surface area contributed by atoms with Gasteiger partial charge in [0.05, 0.1) is 5.76 Å². The molecule has 0 aliphatic heterocycles. The molecule has 0 aromatic heterocycles. The molecule has 0 unspecified atom stereocenters. The molecule has 0 spiro atoms. The van der Waals surface area contributed by atoms with E-state index in [1.165, 1.54) is 14.2 Å². The Kier molecular flexibility index (Phi) is 5.07. The van der Waals surface area contributed by atoms with Crippen LogP contribution in [-0.2, 0) is 14.0 Å². The van der Waals surface area contributed by atoms with Gasteiger partial charge in [-0.25, -0.2) is 0 Å². The van der Waals surface area contributed by atoms with Gasteiger partial charge < -0.3 is 14.0 Å². The molecule has 0 saturated heterocycles. The Morgan fingerprint density at radius 1 is 1.30 bits per heavy atom. The monoisotopic (exact) mass is 144 g/mol. The van der Waals surface area contributed by atoms with Gasteiger partial charge in [0.1, 0.15) is 0 Å². The lowest BCUT2D eigenvalue weighted by Crippen LogP contribution is -2.22. The van der Waals surface area contributed by atoms with E-state index in [0.29, 0.717) is 0 Å². The maximum atomic E-state index is 5.11. The highest BCUT2D eigenvalue weighted by Gasteiger charge is 2.18. The molecule has 0 aliphatic carbocycles. The van der Waals surface area contributed by atoms with Crippen molar-refractivity contribution in [3.05, 3.63) is 11.8 Å². The lowest BCUT2D eigenvalue weighted by molar-refractivity contribution is 0.169. The first-order valence-corrected chi connectivity index (χ1v) is 3.09. The number of rotatable bonds is 4. The van der Waals surface area contributed by atoms with Crippen LogP contribution < -0.4 is 0 Å². The van der Waals surface area contributed by atoms with Crippen molar-refractivity contribution in [3.63, 3.8) is 0 Å². The molecule has 0 rings (SSSR count). The molecule has 3 nitrogen and oxygen atoms in total. The van der Waals surface area contributed by atoms with Crippen molar-refractivity contribution in [2.75, 3.05) is 14.2 Å². The largest absolute Gasteiger partial charge is 0.712 e. The summed E-state index contributed by atoms with van der Waals surface area (Å²) in [7, 11) is 2.46. The standard InChI is InChI=1S/C6H13BO3/c1-5-6(2)10-7(8-3)9-4/h5H,1-4H3/b6-5-. The Morgan fingerprint density at radius 2 is 1.80 bits per heavy atom. The summed E-state index contributed by atoms with van der Waals surface area (Å²) in [5, 5.41) is 0. The summed E-state index contributed by atoms with van der Waals surface area (Å²) in [6, 6.07) is 0. The highest BCUT2D eigenvalue weighted by Crippen LogP contribution is 1.98. The Morgan fingerprint density at radius 3 is 2.10 bits per heavy atom. The van der Waals surface area contributed by atoms with E-state index < -0.39 is 7.32 Å². The molecule has 0 radical (unpaired) electrons. The molecule has 0 fully saturated rings. The maximum Gasteiger partial charge on any atom is 0.712 e. The molecule has 10 heavy (non-hydrogen) atoms. The number of hydrogen-bond donors (Lipinski definition) is 0. The molecule has 0 amide bonds. The number of allylic oxidation sites excluding steroid dienone is 2. The summed E-state index contributed by atoms with van der Waals surface area (Å²) < 4.78 is 14.7. The zero-order chi connectivity index (χ0) is 7.98. The first-order chi connectivity index (χ1) is 4.74. The van der Waals surface area contributed by atoms with E-state index in [4.69, 9.17) is 14.0 Å². The predicted molar refractivity (Wildman–Crippen MR) is 40.3 cm³/mol. The zero-order valence-corrected chi connectivity index (χ0v) is 6.88. The molecule has 0 aromatic carbocycles. The highest BCUT2D eigenvalue weighted by atomic mass is 16.7. The molecule has 4 heteroatoms. The van der Waals surface area contributed by atoms with E-state index in [1.807, 2.05) is 19.9 Å². The summed E-state index contributed by atoms with van der Waals surface area (Å²) in [6.45, 7) is 3.72. The second-order valence-electron chi connectivity index (χ2n) is 1.78. The van der Waals surface area contributed by atoms with E-state index in [1.54, 1.807) is 0 Å². The fourth-order valence-electron chi connectivity index (χ4n) is 0.412. The molecule has 0 N–H and O–H groups in total. The van der Waals surface area contributed by atoms with Gasteiger partial charge in [0, 0.05) is 14.2 Å². The van der Waals surface area contributed by atoms with Crippen LogP contribution in [-0.4, -0.2) is 21.5 Å². The Labute approximate surface area is 62.1 Å². The van der Waals surface area contributed by atoms with Crippen molar-refractivity contribution >= 4 is 7.32 Å². The van der Waals surface area contributed by atoms with Gasteiger partial charge in [0.15, 0.2) is 0 Å². The normalized spacial score (nSPS) is 11.4. The van der Waals surface area contributed by atoms with Crippen molar-refractivity contribution in [2.24, 2.45) is 0 Å². The van der Waals surface area contributed by atoms with E-state index in [-0.39, 0.29) is 0 Å². The van der Waals surface area contributed by atoms with Crippen LogP contribution in [0.2, 0.25) is 0 Å². The molecule has 0 saturated carbocycles. The second kappa shape index (κ2) is 5.32. The van der Waals surface area contributed by atoms with Crippen LogP contribution in [0.1, 0.15) is 13.8 Å². The Balaban J connectivity index is 3.63. The molecule has 0 aliphatic rings. The van der Waals surface area contributed by atoms with Gasteiger partial charge in [-0.3, -0.25) is 0 Å². The van der Waals surface area contributed by atoms with E-state index in [0.717, 1.165) is 5.76 Å². The summed E-state index contributed by atoms with van der Waals surface area (Å²) in [5.74, 6) is 0.786. The van der Waals surface area contributed by atoms with Crippen LogP contribution in [0.5, 0.6) is 0 Å². The minimum absolute atomic E-state index is 0.587. The fourth-order valence-corrected chi connectivity index (χ4v) is 0.412. The summed E-state index contributed by atoms with van der Waals surface area (Å²) in [6.07, 6.45) is 1.84. The van der Waals surface area contributed by atoms with Crippen LogP contribution in [0.4, 0.5) is 0 Å². The van der Waals surface area contributed by atoms with Crippen molar-refractivity contribution < 1.29 is 14.0 Å². The Bertz CT molecular complexity index is 110. The van der Waals surface area contributed by atoms with Crippen LogP contribution in [0.25, 0.3) is 0 Å². The highest BCUT2D eigenvalue weighted by molar-refractivity contribution is 6.36. The molecule has 58 valence electrons. The van der Waals surface area contributed by atoms with Crippen molar-refractivity contribution in [2.45, 2.75) is 13.8 Å². The van der Waals surface area contributed by atoms with Crippen LogP contribution in [0.15, 0.2) is 11.8 Å². The zero-order valence-electron chi connectivity index (χ0n) is 6.88. The molecule has 0 aromatic rings. The first kappa shape index (κ1) is 9.52. The van der Waals surface area contributed by atoms with Gasteiger partial charge in [-0.15, -0.1) is 0 Å². The predicted octanol–water partition coefficient (Wildman–Crippen LogP) is 1.20. The Hall–Kier alpha value is -0.475. The lowest BCUT2D eigenvalue weighted by atomic mass is 10.2. The van der Waals surface area contributed by atoms with Gasteiger partial charge in [-0.1, -0.05) is 6.08 Å². The summed E-state index contributed by atoms with van der Waals surface area (Å²) in [4.78, 5) is 0. The van der Waals surface area contributed by atoms with Gasteiger partial charge in [0.25, 0.3) is 0 Å². The molecule has 0 heterocycles. The van der Waals surface area contributed by atoms with Crippen molar-refractivity contribution in [1.29, 1.82) is 0 Å². The molecule has 0 bridgehead atoms. The second-order valence-corrected chi connectivity index (χ2v) is 1.78. The number of hydrogen-bond acceptors (Lipinski definition) is 3. The van der Waals surface area contributed by atoms with Gasteiger partial charge in [0.2, 0.25) is 0 Å². The van der Waals surface area contributed by atoms with Gasteiger partial charge in [-0.2, -0.15) is 0 Å².